The zero-order valence-corrected chi connectivity index (χ0v) is 13.8. The molecule has 0 saturated carbocycles. The summed E-state index contributed by atoms with van der Waals surface area (Å²) in [5, 5.41) is 2.36. The Labute approximate surface area is 144 Å². The molecule has 1 amide bonds. The zero-order chi connectivity index (χ0) is 17.1. The van der Waals surface area contributed by atoms with Gasteiger partial charge in [0.1, 0.15) is 17.2 Å². The molecule has 24 heavy (non-hydrogen) atoms. The minimum Gasteiger partial charge on any atom is -0.319 e. The van der Waals surface area contributed by atoms with Gasteiger partial charge in [-0.25, -0.2) is 9.37 Å². The molecule has 1 aromatic heterocycles. The van der Waals surface area contributed by atoms with Crippen molar-refractivity contribution in [3.8, 4) is 11.4 Å². The van der Waals surface area contributed by atoms with E-state index in [9.17, 15) is 14.0 Å². The monoisotopic (exact) mass is 387 g/mol. The molecule has 120 valence electrons. The van der Waals surface area contributed by atoms with Gasteiger partial charge in [-0.15, -0.1) is 0 Å². The number of aromatic nitrogens is 2. The molecular weight excluding hydrogens is 377 g/mol. The number of carbonyl (C=O) groups is 1. The Bertz CT molecular complexity index is 958. The molecule has 0 radical (unpaired) electrons. The van der Waals surface area contributed by atoms with Gasteiger partial charge < -0.3 is 10.3 Å². The number of H-pyrrole nitrogens is 1. The number of amides is 1. The fraction of sp³-hybridized carbons (Fsp3) is 0. The Balaban J connectivity index is 1.87. The Morgan fingerprint density at radius 2 is 1.92 bits per heavy atom. The van der Waals surface area contributed by atoms with Gasteiger partial charge in [-0.3, -0.25) is 9.59 Å². The number of benzene rings is 2. The number of rotatable bonds is 3. The molecular formula is C17H11BrFN3O2. The third kappa shape index (κ3) is 3.41. The lowest BCUT2D eigenvalue weighted by atomic mass is 10.2. The highest BCUT2D eigenvalue weighted by molar-refractivity contribution is 9.10. The standard InChI is InChI=1S/C17H11BrFN3O2/c18-11-6-7-14(13(19)8-11)21-16(23)12-9-20-15(22-17(12)24)10-4-2-1-3-5-10/h1-9H,(H,21,23)(H,20,22,24). The third-order valence-electron chi connectivity index (χ3n) is 3.27. The van der Waals surface area contributed by atoms with Gasteiger partial charge in [-0.1, -0.05) is 46.3 Å². The van der Waals surface area contributed by atoms with Crippen LogP contribution in [0.25, 0.3) is 11.4 Å². The van der Waals surface area contributed by atoms with E-state index in [-0.39, 0.29) is 11.3 Å². The molecule has 7 heteroatoms. The Hall–Kier alpha value is -2.80. The molecule has 0 atom stereocenters. The number of hydrogen-bond donors (Lipinski definition) is 2. The van der Waals surface area contributed by atoms with E-state index in [0.717, 1.165) is 5.56 Å². The summed E-state index contributed by atoms with van der Waals surface area (Å²) >= 11 is 3.13. The number of halogens is 2. The second-order valence-electron chi connectivity index (χ2n) is 4.92. The molecule has 0 unspecified atom stereocenters. The van der Waals surface area contributed by atoms with E-state index in [2.05, 4.69) is 31.2 Å². The van der Waals surface area contributed by atoms with Crippen LogP contribution in [0.1, 0.15) is 10.4 Å². The summed E-state index contributed by atoms with van der Waals surface area (Å²) in [6.45, 7) is 0. The van der Waals surface area contributed by atoms with E-state index in [4.69, 9.17) is 0 Å². The highest BCUT2D eigenvalue weighted by Crippen LogP contribution is 2.19. The van der Waals surface area contributed by atoms with Crippen molar-refractivity contribution in [1.29, 1.82) is 0 Å². The second kappa shape index (κ2) is 6.76. The molecule has 1 heterocycles. The van der Waals surface area contributed by atoms with Crippen molar-refractivity contribution in [2.75, 3.05) is 5.32 Å². The van der Waals surface area contributed by atoms with Crippen molar-refractivity contribution < 1.29 is 9.18 Å². The van der Waals surface area contributed by atoms with E-state index in [1.165, 1.54) is 18.3 Å². The van der Waals surface area contributed by atoms with Gasteiger partial charge in [-0.05, 0) is 18.2 Å². The normalized spacial score (nSPS) is 10.4. The van der Waals surface area contributed by atoms with Crippen molar-refractivity contribution in [2.24, 2.45) is 0 Å². The van der Waals surface area contributed by atoms with Crippen LogP contribution in [0, 0.1) is 5.82 Å². The van der Waals surface area contributed by atoms with Crippen LogP contribution in [-0.2, 0) is 0 Å². The molecule has 2 N–H and O–H groups in total. The smallest absolute Gasteiger partial charge is 0.264 e. The van der Waals surface area contributed by atoms with Gasteiger partial charge in [0, 0.05) is 16.2 Å². The van der Waals surface area contributed by atoms with Crippen molar-refractivity contribution >= 4 is 27.5 Å². The first-order valence-corrected chi connectivity index (χ1v) is 7.75. The Morgan fingerprint density at radius 3 is 2.58 bits per heavy atom. The lowest BCUT2D eigenvalue weighted by molar-refractivity contribution is 0.102. The summed E-state index contributed by atoms with van der Waals surface area (Å²) in [7, 11) is 0. The first kappa shape index (κ1) is 16.1. The van der Waals surface area contributed by atoms with Gasteiger partial charge in [-0.2, -0.15) is 0 Å². The van der Waals surface area contributed by atoms with E-state index in [1.807, 2.05) is 18.2 Å². The summed E-state index contributed by atoms with van der Waals surface area (Å²) < 4.78 is 14.3. The maximum atomic E-state index is 13.8. The predicted molar refractivity (Wildman–Crippen MR) is 92.3 cm³/mol. The van der Waals surface area contributed by atoms with Crippen LogP contribution >= 0.6 is 15.9 Å². The number of aromatic amines is 1. The van der Waals surface area contributed by atoms with Crippen molar-refractivity contribution in [1.82, 2.24) is 9.97 Å². The number of nitrogens with one attached hydrogen (secondary N) is 2. The molecule has 0 bridgehead atoms. The highest BCUT2D eigenvalue weighted by atomic mass is 79.9. The fourth-order valence-corrected chi connectivity index (χ4v) is 2.41. The van der Waals surface area contributed by atoms with E-state index in [1.54, 1.807) is 18.2 Å². The number of carbonyl (C=O) groups excluding carboxylic acids is 1. The minimum atomic E-state index is -0.732. The topological polar surface area (TPSA) is 74.8 Å². The van der Waals surface area contributed by atoms with Gasteiger partial charge in [0.25, 0.3) is 11.5 Å². The third-order valence-corrected chi connectivity index (χ3v) is 3.76. The van der Waals surface area contributed by atoms with Crippen molar-refractivity contribution in [3.05, 3.63) is 80.9 Å². The summed E-state index contributed by atoms with van der Waals surface area (Å²) in [5.74, 6) is -0.987. The Kier molecular flexibility index (Phi) is 4.52. The average Bonchev–Trinajstić information content (AvgIpc) is 2.58. The molecule has 0 fully saturated rings. The summed E-state index contributed by atoms with van der Waals surface area (Å²) in [6, 6.07) is 13.2. The first-order chi connectivity index (χ1) is 11.5. The lowest BCUT2D eigenvalue weighted by Gasteiger charge is -2.07. The van der Waals surface area contributed by atoms with Crippen LogP contribution in [0.4, 0.5) is 10.1 Å². The summed E-state index contributed by atoms with van der Waals surface area (Å²) in [5.41, 5.74) is -0.0916. The molecule has 5 nitrogen and oxygen atoms in total. The van der Waals surface area contributed by atoms with Gasteiger partial charge >= 0.3 is 0 Å². The van der Waals surface area contributed by atoms with E-state index >= 15 is 0 Å². The van der Waals surface area contributed by atoms with Crippen LogP contribution in [-0.4, -0.2) is 15.9 Å². The maximum absolute atomic E-state index is 13.8. The van der Waals surface area contributed by atoms with Gasteiger partial charge in [0.05, 0.1) is 5.69 Å². The van der Waals surface area contributed by atoms with Crippen LogP contribution < -0.4 is 10.9 Å². The molecule has 0 saturated heterocycles. The lowest BCUT2D eigenvalue weighted by Crippen LogP contribution is -2.24. The molecule has 0 aliphatic rings. The van der Waals surface area contributed by atoms with E-state index < -0.39 is 17.3 Å². The SMILES string of the molecule is O=C(Nc1ccc(Br)cc1F)c1cnc(-c2ccccc2)[nH]c1=O. The highest BCUT2D eigenvalue weighted by Gasteiger charge is 2.14. The average molecular weight is 388 g/mol. The number of anilines is 1. The fourth-order valence-electron chi connectivity index (χ4n) is 2.08. The van der Waals surface area contributed by atoms with Crippen LogP contribution in [0.15, 0.2) is 64.0 Å². The number of nitrogens with zero attached hydrogens (tertiary/aromatic N) is 1. The maximum Gasteiger partial charge on any atom is 0.264 e. The predicted octanol–water partition coefficient (Wildman–Crippen LogP) is 3.59. The molecule has 0 spiro atoms. The second-order valence-corrected chi connectivity index (χ2v) is 5.83. The van der Waals surface area contributed by atoms with Gasteiger partial charge in [0.15, 0.2) is 0 Å². The molecule has 0 aliphatic carbocycles. The van der Waals surface area contributed by atoms with Crippen LogP contribution in [0.5, 0.6) is 0 Å². The van der Waals surface area contributed by atoms with Crippen LogP contribution in [0.2, 0.25) is 0 Å². The quantitative estimate of drug-likeness (QED) is 0.720. The largest absolute Gasteiger partial charge is 0.319 e. The van der Waals surface area contributed by atoms with Crippen molar-refractivity contribution in [3.63, 3.8) is 0 Å². The molecule has 0 aliphatic heterocycles. The summed E-state index contributed by atoms with van der Waals surface area (Å²) in [6.07, 6.45) is 1.17. The number of hydrogen-bond acceptors (Lipinski definition) is 3. The van der Waals surface area contributed by atoms with Crippen LogP contribution in [0.3, 0.4) is 0 Å². The Morgan fingerprint density at radius 1 is 1.17 bits per heavy atom. The minimum absolute atomic E-state index is 0.0188. The zero-order valence-electron chi connectivity index (χ0n) is 12.2. The summed E-state index contributed by atoms with van der Waals surface area (Å²) in [4.78, 5) is 30.9. The van der Waals surface area contributed by atoms with Gasteiger partial charge in [0.2, 0.25) is 0 Å². The molecule has 3 rings (SSSR count). The molecule has 3 aromatic rings. The van der Waals surface area contributed by atoms with Crippen molar-refractivity contribution in [2.45, 2.75) is 0 Å². The molecule has 2 aromatic carbocycles. The van der Waals surface area contributed by atoms with E-state index in [0.29, 0.717) is 10.3 Å². The first-order valence-electron chi connectivity index (χ1n) is 6.96.